The molecule has 2 N–H and O–H groups in total. The highest BCUT2D eigenvalue weighted by atomic mass is 32.1. The van der Waals surface area contributed by atoms with Crippen LogP contribution in [0.4, 0.5) is 5.69 Å². The van der Waals surface area contributed by atoms with Crippen molar-refractivity contribution in [2.24, 2.45) is 0 Å². The van der Waals surface area contributed by atoms with Gasteiger partial charge in [-0.1, -0.05) is 36.4 Å². The van der Waals surface area contributed by atoms with Crippen molar-refractivity contribution < 1.29 is 14.7 Å². The van der Waals surface area contributed by atoms with Crippen LogP contribution in [0.25, 0.3) is 6.08 Å². The van der Waals surface area contributed by atoms with Crippen LogP contribution in [0.3, 0.4) is 0 Å². The first kappa shape index (κ1) is 14.9. The average Bonchev–Trinajstić information content (AvgIpc) is 2.54. The minimum Gasteiger partial charge on any atom is -0.507 e. The maximum absolute atomic E-state index is 12.7. The Morgan fingerprint density at radius 2 is 1.65 bits per heavy atom. The summed E-state index contributed by atoms with van der Waals surface area (Å²) < 4.78 is 0. The standard InChI is InChI=1S/C17H12N2O3S/c20-14-9-5-4-6-11(14)10-13-15(21)18-17(23)19(16(13)22)12-7-2-1-3-8-12/h1-10,20H,(H,18,21,23)/b13-10-. The zero-order chi connectivity index (χ0) is 16.4. The lowest BCUT2D eigenvalue weighted by Gasteiger charge is -2.28. The summed E-state index contributed by atoms with van der Waals surface area (Å²) in [6.07, 6.45) is 1.35. The molecule has 1 aliphatic heterocycles. The number of rotatable bonds is 2. The van der Waals surface area contributed by atoms with Crippen molar-refractivity contribution in [2.45, 2.75) is 0 Å². The summed E-state index contributed by atoms with van der Waals surface area (Å²) in [5.41, 5.74) is 0.849. The Labute approximate surface area is 137 Å². The quantitative estimate of drug-likeness (QED) is 0.505. The van der Waals surface area contributed by atoms with E-state index in [-0.39, 0.29) is 16.4 Å². The van der Waals surface area contributed by atoms with Crippen LogP contribution in [0, 0.1) is 0 Å². The first-order valence-corrected chi connectivity index (χ1v) is 7.23. The molecule has 0 saturated carbocycles. The maximum Gasteiger partial charge on any atom is 0.270 e. The molecule has 0 aromatic heterocycles. The fourth-order valence-corrected chi connectivity index (χ4v) is 2.52. The molecule has 2 aromatic rings. The van der Waals surface area contributed by atoms with E-state index in [0.717, 1.165) is 0 Å². The van der Waals surface area contributed by atoms with Crippen LogP contribution in [0.5, 0.6) is 5.75 Å². The summed E-state index contributed by atoms with van der Waals surface area (Å²) in [4.78, 5) is 26.1. The third-order valence-corrected chi connectivity index (χ3v) is 3.64. The molecule has 2 amide bonds. The SMILES string of the molecule is O=C1NC(=S)N(c2ccccc2)C(=O)/C1=C\c1ccccc1O. The van der Waals surface area contributed by atoms with Gasteiger partial charge in [-0.3, -0.25) is 19.8 Å². The van der Waals surface area contributed by atoms with Crippen LogP contribution in [0.15, 0.2) is 60.2 Å². The molecular weight excluding hydrogens is 312 g/mol. The van der Waals surface area contributed by atoms with E-state index in [0.29, 0.717) is 11.3 Å². The Morgan fingerprint density at radius 1 is 1.00 bits per heavy atom. The van der Waals surface area contributed by atoms with Crippen molar-refractivity contribution in [3.63, 3.8) is 0 Å². The number of anilines is 1. The number of phenols is 1. The highest BCUT2D eigenvalue weighted by molar-refractivity contribution is 7.80. The Morgan fingerprint density at radius 3 is 2.35 bits per heavy atom. The zero-order valence-electron chi connectivity index (χ0n) is 11.9. The molecule has 1 saturated heterocycles. The molecule has 114 valence electrons. The second-order valence-electron chi connectivity index (χ2n) is 4.85. The molecule has 1 heterocycles. The van der Waals surface area contributed by atoms with Crippen molar-refractivity contribution in [1.29, 1.82) is 0 Å². The Kier molecular flexibility index (Phi) is 3.91. The molecule has 0 radical (unpaired) electrons. The van der Waals surface area contributed by atoms with Crippen molar-refractivity contribution >= 4 is 40.9 Å². The molecule has 0 bridgehead atoms. The molecule has 6 heteroatoms. The van der Waals surface area contributed by atoms with Gasteiger partial charge in [-0.25, -0.2) is 0 Å². The van der Waals surface area contributed by atoms with Gasteiger partial charge in [0.15, 0.2) is 5.11 Å². The van der Waals surface area contributed by atoms with Gasteiger partial charge in [0.05, 0.1) is 5.69 Å². The topological polar surface area (TPSA) is 69.6 Å². The Balaban J connectivity index is 2.04. The second-order valence-corrected chi connectivity index (χ2v) is 5.24. The summed E-state index contributed by atoms with van der Waals surface area (Å²) in [6.45, 7) is 0. The summed E-state index contributed by atoms with van der Waals surface area (Å²) >= 11 is 5.10. The maximum atomic E-state index is 12.7. The van der Waals surface area contributed by atoms with Gasteiger partial charge in [-0.2, -0.15) is 0 Å². The number of carbonyl (C=O) groups is 2. The van der Waals surface area contributed by atoms with Crippen molar-refractivity contribution in [1.82, 2.24) is 5.32 Å². The largest absolute Gasteiger partial charge is 0.507 e. The van der Waals surface area contributed by atoms with Crippen LogP contribution < -0.4 is 10.2 Å². The number of nitrogens with zero attached hydrogens (tertiary/aromatic N) is 1. The van der Waals surface area contributed by atoms with E-state index >= 15 is 0 Å². The summed E-state index contributed by atoms with van der Waals surface area (Å²) in [6, 6.07) is 15.3. The summed E-state index contributed by atoms with van der Waals surface area (Å²) in [5, 5.41) is 12.3. The highest BCUT2D eigenvalue weighted by Crippen LogP contribution is 2.24. The molecule has 0 unspecified atom stereocenters. The van der Waals surface area contributed by atoms with E-state index in [9.17, 15) is 14.7 Å². The van der Waals surface area contributed by atoms with E-state index < -0.39 is 11.8 Å². The lowest BCUT2D eigenvalue weighted by Crippen LogP contribution is -2.54. The Bertz CT molecular complexity index is 831. The number of carbonyl (C=O) groups excluding carboxylic acids is 2. The third kappa shape index (κ3) is 2.84. The molecule has 0 atom stereocenters. The molecule has 23 heavy (non-hydrogen) atoms. The van der Waals surface area contributed by atoms with Gasteiger partial charge in [0.2, 0.25) is 0 Å². The highest BCUT2D eigenvalue weighted by Gasteiger charge is 2.34. The van der Waals surface area contributed by atoms with Crippen LogP contribution in [0.1, 0.15) is 5.56 Å². The lowest BCUT2D eigenvalue weighted by molar-refractivity contribution is -0.122. The minimum atomic E-state index is -0.588. The number of benzene rings is 2. The Hall–Kier alpha value is -2.99. The summed E-state index contributed by atoms with van der Waals surface area (Å²) in [5.74, 6) is -1.14. The molecule has 1 fully saturated rings. The number of para-hydroxylation sites is 2. The van der Waals surface area contributed by atoms with E-state index in [1.54, 1.807) is 42.5 Å². The molecule has 0 aliphatic carbocycles. The number of nitrogens with one attached hydrogen (secondary N) is 1. The van der Waals surface area contributed by atoms with Gasteiger partial charge >= 0.3 is 0 Å². The number of phenolic OH excluding ortho intramolecular Hbond substituents is 1. The average molecular weight is 324 g/mol. The zero-order valence-corrected chi connectivity index (χ0v) is 12.7. The molecule has 1 aliphatic rings. The van der Waals surface area contributed by atoms with E-state index in [1.165, 1.54) is 17.0 Å². The predicted molar refractivity (Wildman–Crippen MR) is 90.8 cm³/mol. The van der Waals surface area contributed by atoms with Gasteiger partial charge < -0.3 is 5.11 Å². The van der Waals surface area contributed by atoms with Crippen molar-refractivity contribution in [2.75, 3.05) is 4.90 Å². The van der Waals surface area contributed by atoms with Gasteiger partial charge in [-0.05, 0) is 36.5 Å². The van der Waals surface area contributed by atoms with Gasteiger partial charge in [0.1, 0.15) is 11.3 Å². The minimum absolute atomic E-state index is 0.0139. The third-order valence-electron chi connectivity index (χ3n) is 3.35. The number of aromatic hydroxyl groups is 1. The second kappa shape index (κ2) is 6.02. The normalized spacial score (nSPS) is 16.6. The van der Waals surface area contributed by atoms with Gasteiger partial charge in [-0.15, -0.1) is 0 Å². The monoisotopic (exact) mass is 324 g/mol. The smallest absolute Gasteiger partial charge is 0.270 e. The molecule has 3 rings (SSSR count). The fraction of sp³-hybridized carbons (Fsp3) is 0. The molecule has 5 nitrogen and oxygen atoms in total. The van der Waals surface area contributed by atoms with E-state index in [1.807, 2.05) is 6.07 Å². The number of hydrogen-bond donors (Lipinski definition) is 2. The number of hydrogen-bond acceptors (Lipinski definition) is 4. The fourth-order valence-electron chi connectivity index (χ4n) is 2.23. The van der Waals surface area contributed by atoms with E-state index in [4.69, 9.17) is 12.2 Å². The molecule has 2 aromatic carbocycles. The number of thiocarbonyl (C=S) groups is 1. The van der Waals surface area contributed by atoms with Crippen LogP contribution >= 0.6 is 12.2 Å². The number of amides is 2. The molecular formula is C17H12N2O3S. The van der Waals surface area contributed by atoms with Gasteiger partial charge in [0.25, 0.3) is 11.8 Å². The predicted octanol–water partition coefficient (Wildman–Crippen LogP) is 2.22. The first-order valence-electron chi connectivity index (χ1n) is 6.82. The summed E-state index contributed by atoms with van der Waals surface area (Å²) in [7, 11) is 0. The van der Waals surface area contributed by atoms with Crippen molar-refractivity contribution in [3.05, 3.63) is 65.7 Å². The van der Waals surface area contributed by atoms with Gasteiger partial charge in [0, 0.05) is 5.56 Å². The van der Waals surface area contributed by atoms with Crippen LogP contribution in [0.2, 0.25) is 0 Å². The lowest BCUT2D eigenvalue weighted by atomic mass is 10.1. The van der Waals surface area contributed by atoms with Crippen LogP contribution in [-0.4, -0.2) is 22.0 Å². The van der Waals surface area contributed by atoms with Crippen molar-refractivity contribution in [3.8, 4) is 5.75 Å². The van der Waals surface area contributed by atoms with E-state index in [2.05, 4.69) is 5.32 Å². The molecule has 0 spiro atoms. The first-order chi connectivity index (χ1) is 11.1. The van der Waals surface area contributed by atoms with Crippen LogP contribution in [-0.2, 0) is 9.59 Å².